The molecule has 224 valence electrons. The number of piperidine rings is 1. The lowest BCUT2D eigenvalue weighted by molar-refractivity contribution is -0.156. The third-order valence-corrected chi connectivity index (χ3v) is 7.21. The molecule has 4 rings (SSSR count). The molecule has 41 heavy (non-hydrogen) atoms. The lowest BCUT2D eigenvalue weighted by Crippen LogP contribution is -2.58. The standard InChI is InChI=1S/C30H35F5N2O4/c1-29(2,3)41-28(39)37-12-9-22(10-13-37)40-24-8-5-11-30(34,35)27(24)36-25(38)16-18-6-4-7-23(26(18)33)19-14-20(31)17-21(32)15-19/h4,6-7,14-15,17,22,24,27H,5,8-13,16H2,1-3H3,(H,36,38)/t24-,27+/m0/s1. The number of nitrogens with one attached hydrogen (secondary N) is 1. The number of likely N-dealkylation sites (tertiary alicyclic amines) is 1. The van der Waals surface area contributed by atoms with Crippen molar-refractivity contribution in [3.05, 3.63) is 59.4 Å². The van der Waals surface area contributed by atoms with E-state index in [1.165, 1.54) is 18.2 Å². The fourth-order valence-electron chi connectivity index (χ4n) is 5.27. The van der Waals surface area contributed by atoms with Crippen LogP contribution in [0.15, 0.2) is 36.4 Å². The Labute approximate surface area is 236 Å². The number of benzene rings is 2. The smallest absolute Gasteiger partial charge is 0.410 e. The number of hydrogen-bond donors (Lipinski definition) is 1. The third-order valence-electron chi connectivity index (χ3n) is 7.21. The molecule has 1 saturated carbocycles. The number of amides is 2. The molecule has 0 spiro atoms. The molecule has 2 aliphatic rings. The summed E-state index contributed by atoms with van der Waals surface area (Å²) in [7, 11) is 0. The number of hydrogen-bond acceptors (Lipinski definition) is 4. The summed E-state index contributed by atoms with van der Waals surface area (Å²) in [6.45, 7) is 6.02. The zero-order chi connectivity index (χ0) is 29.9. The molecule has 1 aliphatic carbocycles. The third kappa shape index (κ3) is 7.96. The van der Waals surface area contributed by atoms with Gasteiger partial charge in [-0.3, -0.25) is 4.79 Å². The molecule has 1 aliphatic heterocycles. The van der Waals surface area contributed by atoms with Crippen molar-refractivity contribution in [1.29, 1.82) is 0 Å². The molecule has 2 aromatic carbocycles. The van der Waals surface area contributed by atoms with Crippen molar-refractivity contribution >= 4 is 12.0 Å². The first-order valence-corrected chi connectivity index (χ1v) is 13.8. The number of alkyl halides is 2. The van der Waals surface area contributed by atoms with Crippen LogP contribution in [0, 0.1) is 17.5 Å². The SMILES string of the molecule is CC(C)(C)OC(=O)N1CCC(O[C@H]2CCCC(F)(F)[C@@H]2NC(=O)Cc2cccc(-c3cc(F)cc(F)c3)c2F)CC1. The lowest BCUT2D eigenvalue weighted by atomic mass is 9.88. The molecule has 2 fully saturated rings. The molecule has 0 radical (unpaired) electrons. The number of ether oxygens (including phenoxy) is 2. The van der Waals surface area contributed by atoms with Crippen LogP contribution in [-0.2, 0) is 20.7 Å². The molecule has 11 heteroatoms. The van der Waals surface area contributed by atoms with Crippen molar-refractivity contribution in [3.8, 4) is 11.1 Å². The fourth-order valence-corrected chi connectivity index (χ4v) is 5.27. The van der Waals surface area contributed by atoms with Gasteiger partial charge in [-0.25, -0.2) is 26.7 Å². The van der Waals surface area contributed by atoms with Gasteiger partial charge in [0.15, 0.2) is 0 Å². The van der Waals surface area contributed by atoms with Crippen molar-refractivity contribution in [2.45, 2.75) is 89.1 Å². The number of halogens is 5. The van der Waals surface area contributed by atoms with Crippen molar-refractivity contribution < 1.29 is 41.0 Å². The van der Waals surface area contributed by atoms with Gasteiger partial charge in [0.1, 0.15) is 29.1 Å². The van der Waals surface area contributed by atoms with Gasteiger partial charge in [-0.2, -0.15) is 0 Å². The van der Waals surface area contributed by atoms with Crippen LogP contribution >= 0.6 is 0 Å². The first-order chi connectivity index (χ1) is 19.2. The van der Waals surface area contributed by atoms with Gasteiger partial charge in [-0.15, -0.1) is 0 Å². The minimum Gasteiger partial charge on any atom is -0.444 e. The predicted octanol–water partition coefficient (Wildman–Crippen LogP) is 6.40. The Hall–Kier alpha value is -3.21. The summed E-state index contributed by atoms with van der Waals surface area (Å²) in [4.78, 5) is 26.8. The number of carbonyl (C=O) groups is 2. The molecular weight excluding hydrogens is 547 g/mol. The maximum Gasteiger partial charge on any atom is 0.410 e. The van der Waals surface area contributed by atoms with Gasteiger partial charge in [-0.05, 0) is 69.7 Å². The van der Waals surface area contributed by atoms with Gasteiger partial charge in [0.2, 0.25) is 5.91 Å². The molecule has 1 heterocycles. The summed E-state index contributed by atoms with van der Waals surface area (Å²) in [6.07, 6.45) is -1.39. The molecule has 0 aromatic heterocycles. The lowest BCUT2D eigenvalue weighted by Gasteiger charge is -2.41. The average Bonchev–Trinajstić information content (AvgIpc) is 2.86. The Bertz CT molecular complexity index is 1240. The van der Waals surface area contributed by atoms with Crippen molar-refractivity contribution in [3.63, 3.8) is 0 Å². The first kappa shape index (κ1) is 30.7. The highest BCUT2D eigenvalue weighted by molar-refractivity contribution is 5.80. The van der Waals surface area contributed by atoms with Crippen LogP contribution in [0.25, 0.3) is 11.1 Å². The van der Waals surface area contributed by atoms with Crippen LogP contribution in [0.3, 0.4) is 0 Å². The Morgan fingerprint density at radius 3 is 2.32 bits per heavy atom. The maximum absolute atomic E-state index is 15.2. The van der Waals surface area contributed by atoms with Crippen LogP contribution in [0.2, 0.25) is 0 Å². The van der Waals surface area contributed by atoms with Gasteiger partial charge in [0.25, 0.3) is 5.92 Å². The van der Waals surface area contributed by atoms with Crippen molar-refractivity contribution in [1.82, 2.24) is 10.2 Å². The Morgan fingerprint density at radius 2 is 1.68 bits per heavy atom. The van der Waals surface area contributed by atoms with Crippen LogP contribution in [0.5, 0.6) is 0 Å². The van der Waals surface area contributed by atoms with Crippen molar-refractivity contribution in [2.24, 2.45) is 0 Å². The molecule has 0 unspecified atom stereocenters. The van der Waals surface area contributed by atoms with E-state index in [2.05, 4.69) is 5.32 Å². The highest BCUT2D eigenvalue weighted by Gasteiger charge is 2.49. The Balaban J connectivity index is 1.40. The van der Waals surface area contributed by atoms with Gasteiger partial charge in [0, 0.05) is 31.1 Å². The van der Waals surface area contributed by atoms with Crippen LogP contribution in [0.4, 0.5) is 26.7 Å². The maximum atomic E-state index is 15.2. The second kappa shape index (κ2) is 12.3. The number of nitrogens with zero attached hydrogens (tertiary/aromatic N) is 1. The highest BCUT2D eigenvalue weighted by Crippen LogP contribution is 2.37. The minimum absolute atomic E-state index is 0.0488. The number of rotatable bonds is 6. The molecule has 1 N–H and O–H groups in total. The summed E-state index contributed by atoms with van der Waals surface area (Å²) in [5, 5.41) is 2.37. The van der Waals surface area contributed by atoms with Gasteiger partial charge >= 0.3 is 6.09 Å². The average molecular weight is 583 g/mol. The fraction of sp³-hybridized carbons (Fsp3) is 0.533. The topological polar surface area (TPSA) is 67.9 Å². The van der Waals surface area contributed by atoms with Gasteiger partial charge in [-0.1, -0.05) is 18.2 Å². The molecule has 2 amide bonds. The molecular formula is C30H35F5N2O4. The monoisotopic (exact) mass is 582 g/mol. The predicted molar refractivity (Wildman–Crippen MR) is 142 cm³/mol. The Kier molecular flexibility index (Phi) is 9.25. The quantitative estimate of drug-likeness (QED) is 0.400. The van der Waals surface area contributed by atoms with E-state index in [1.54, 1.807) is 25.7 Å². The van der Waals surface area contributed by atoms with E-state index in [9.17, 15) is 18.4 Å². The largest absolute Gasteiger partial charge is 0.444 e. The van der Waals surface area contributed by atoms with E-state index in [1.807, 2.05) is 0 Å². The van der Waals surface area contributed by atoms with Gasteiger partial charge in [0.05, 0.1) is 18.6 Å². The van der Waals surface area contributed by atoms with Crippen molar-refractivity contribution in [2.75, 3.05) is 13.1 Å². The second-order valence-electron chi connectivity index (χ2n) is 11.7. The molecule has 2 aromatic rings. The van der Waals surface area contributed by atoms with E-state index in [-0.39, 0.29) is 29.2 Å². The second-order valence-corrected chi connectivity index (χ2v) is 11.7. The normalized spacial score (nSPS) is 21.4. The molecule has 0 bridgehead atoms. The van der Waals surface area contributed by atoms with Crippen LogP contribution in [-0.4, -0.2) is 59.8 Å². The zero-order valence-corrected chi connectivity index (χ0v) is 23.3. The summed E-state index contributed by atoms with van der Waals surface area (Å²) in [6, 6.07) is 5.04. The molecule has 2 atom stereocenters. The van der Waals surface area contributed by atoms with Crippen LogP contribution in [0.1, 0.15) is 58.4 Å². The minimum atomic E-state index is -3.24. The zero-order valence-electron chi connectivity index (χ0n) is 23.3. The number of carbonyl (C=O) groups excluding carboxylic acids is 2. The van der Waals surface area contributed by atoms with Gasteiger partial charge < -0.3 is 19.7 Å². The summed E-state index contributed by atoms with van der Waals surface area (Å²) >= 11 is 0. The van der Waals surface area contributed by atoms with E-state index >= 15 is 13.2 Å². The Morgan fingerprint density at radius 1 is 1.02 bits per heavy atom. The summed E-state index contributed by atoms with van der Waals surface area (Å²) < 4.78 is 84.1. The summed E-state index contributed by atoms with van der Waals surface area (Å²) in [5.74, 6) is -6.71. The molecule has 1 saturated heterocycles. The van der Waals surface area contributed by atoms with E-state index in [4.69, 9.17) is 9.47 Å². The van der Waals surface area contributed by atoms with E-state index in [0.29, 0.717) is 38.4 Å². The highest BCUT2D eigenvalue weighted by atomic mass is 19.3. The van der Waals surface area contributed by atoms with Crippen LogP contribution < -0.4 is 5.32 Å². The summed E-state index contributed by atoms with van der Waals surface area (Å²) in [5.41, 5.74) is -0.899. The first-order valence-electron chi connectivity index (χ1n) is 13.8. The van der Waals surface area contributed by atoms with E-state index in [0.717, 1.165) is 12.1 Å². The molecule has 6 nitrogen and oxygen atoms in total. The van der Waals surface area contributed by atoms with E-state index < -0.39 is 66.0 Å².